The number of nitrogens with zero attached hydrogens (tertiary/aromatic N) is 2. The van der Waals surface area contributed by atoms with Crippen LogP contribution in [0, 0.1) is 6.92 Å². The molecule has 0 aliphatic heterocycles. The van der Waals surface area contributed by atoms with Crippen molar-refractivity contribution in [2.45, 2.75) is 26.6 Å². The van der Waals surface area contributed by atoms with E-state index in [2.05, 4.69) is 36.2 Å². The number of primary amides is 1. The SMILES string of the molecule is Cc1ccc(C[NH+](C)Cc2nc3ccccc3c(=O)n2CC(N)=O)cc1. The van der Waals surface area contributed by atoms with Crippen LogP contribution in [-0.4, -0.2) is 22.5 Å². The van der Waals surface area contributed by atoms with Gasteiger partial charge in [0, 0.05) is 5.56 Å². The van der Waals surface area contributed by atoms with Crippen molar-refractivity contribution in [3.05, 3.63) is 75.8 Å². The normalized spacial score (nSPS) is 12.2. The molecule has 0 aliphatic rings. The maximum absolute atomic E-state index is 12.8. The number of aromatic nitrogens is 2. The maximum Gasteiger partial charge on any atom is 0.262 e. The molecule has 1 heterocycles. The van der Waals surface area contributed by atoms with Crippen molar-refractivity contribution < 1.29 is 9.69 Å². The number of hydrogen-bond donors (Lipinski definition) is 2. The summed E-state index contributed by atoms with van der Waals surface area (Å²) in [7, 11) is 2.04. The molecule has 0 radical (unpaired) electrons. The van der Waals surface area contributed by atoms with Crippen molar-refractivity contribution in [2.75, 3.05) is 7.05 Å². The molecule has 3 rings (SSSR count). The average molecular weight is 351 g/mol. The van der Waals surface area contributed by atoms with Crippen LogP contribution >= 0.6 is 0 Å². The number of quaternary nitrogens is 1. The number of fused-ring (bicyclic) bond motifs is 1. The smallest absolute Gasteiger partial charge is 0.262 e. The molecule has 26 heavy (non-hydrogen) atoms. The third-order valence-corrected chi connectivity index (χ3v) is 4.34. The molecular weight excluding hydrogens is 328 g/mol. The van der Waals surface area contributed by atoms with Crippen molar-refractivity contribution in [3.8, 4) is 0 Å². The van der Waals surface area contributed by atoms with Crippen LogP contribution in [0.2, 0.25) is 0 Å². The summed E-state index contributed by atoms with van der Waals surface area (Å²) in [4.78, 5) is 30.0. The molecule has 1 aromatic heterocycles. The van der Waals surface area contributed by atoms with Gasteiger partial charge in [-0.25, -0.2) is 4.98 Å². The number of para-hydroxylation sites is 1. The van der Waals surface area contributed by atoms with E-state index in [4.69, 9.17) is 5.73 Å². The summed E-state index contributed by atoms with van der Waals surface area (Å²) in [6, 6.07) is 15.5. The minimum absolute atomic E-state index is 0.163. The zero-order valence-electron chi connectivity index (χ0n) is 15.0. The highest BCUT2D eigenvalue weighted by Crippen LogP contribution is 2.08. The number of hydrogen-bond acceptors (Lipinski definition) is 3. The summed E-state index contributed by atoms with van der Waals surface area (Å²) in [5.74, 6) is 0.0127. The summed E-state index contributed by atoms with van der Waals surface area (Å²) >= 11 is 0. The Labute approximate surface area is 151 Å². The lowest BCUT2D eigenvalue weighted by atomic mass is 10.1. The van der Waals surface area contributed by atoms with E-state index in [1.165, 1.54) is 15.7 Å². The summed E-state index contributed by atoms with van der Waals surface area (Å²) in [6.45, 7) is 3.20. The second-order valence-corrected chi connectivity index (χ2v) is 6.70. The molecule has 6 nitrogen and oxygen atoms in total. The van der Waals surface area contributed by atoms with Crippen LogP contribution < -0.4 is 16.2 Å². The molecule has 0 saturated carbocycles. The van der Waals surface area contributed by atoms with E-state index in [1.54, 1.807) is 12.1 Å². The first-order valence-electron chi connectivity index (χ1n) is 8.57. The van der Waals surface area contributed by atoms with Crippen LogP contribution in [0.3, 0.4) is 0 Å². The molecule has 0 aliphatic carbocycles. The van der Waals surface area contributed by atoms with Crippen molar-refractivity contribution in [1.29, 1.82) is 0 Å². The van der Waals surface area contributed by atoms with E-state index in [1.807, 2.05) is 19.2 Å². The molecule has 1 unspecified atom stereocenters. The molecule has 1 atom stereocenters. The molecule has 3 N–H and O–H groups in total. The van der Waals surface area contributed by atoms with E-state index in [9.17, 15) is 9.59 Å². The molecule has 0 saturated heterocycles. The van der Waals surface area contributed by atoms with E-state index < -0.39 is 5.91 Å². The Hall–Kier alpha value is -2.99. The highest BCUT2D eigenvalue weighted by molar-refractivity contribution is 5.78. The zero-order valence-corrected chi connectivity index (χ0v) is 15.0. The predicted molar refractivity (Wildman–Crippen MR) is 101 cm³/mol. The minimum atomic E-state index is -0.554. The van der Waals surface area contributed by atoms with Crippen LogP contribution in [0.1, 0.15) is 17.0 Å². The number of nitrogens with one attached hydrogen (secondary N) is 1. The Balaban J connectivity index is 1.93. The minimum Gasteiger partial charge on any atom is -0.368 e. The van der Waals surface area contributed by atoms with Crippen molar-refractivity contribution in [3.63, 3.8) is 0 Å². The molecular formula is C20H23N4O2+. The van der Waals surface area contributed by atoms with Gasteiger partial charge in [-0.15, -0.1) is 0 Å². The Bertz CT molecular complexity index is 993. The Kier molecular flexibility index (Phi) is 5.14. The van der Waals surface area contributed by atoms with Crippen molar-refractivity contribution >= 4 is 16.8 Å². The summed E-state index contributed by atoms with van der Waals surface area (Å²) in [5.41, 5.74) is 8.17. The number of rotatable bonds is 6. The maximum atomic E-state index is 12.8. The molecule has 1 amide bonds. The Morgan fingerprint density at radius 1 is 1.12 bits per heavy atom. The number of benzene rings is 2. The number of nitrogens with two attached hydrogens (primary N) is 1. The van der Waals surface area contributed by atoms with Crippen LogP contribution in [0.4, 0.5) is 0 Å². The standard InChI is InChI=1S/C20H22N4O2/c1-14-7-9-15(10-8-14)11-23(2)13-19-22-17-6-4-3-5-16(17)20(26)24(19)12-18(21)25/h3-10H,11-13H2,1-2H3,(H2,21,25)/p+1. The number of carbonyl (C=O) groups excluding carboxylic acids is 1. The lowest BCUT2D eigenvalue weighted by molar-refractivity contribution is -0.908. The molecule has 6 heteroatoms. The van der Waals surface area contributed by atoms with Gasteiger partial charge in [0.15, 0.2) is 5.82 Å². The third kappa shape index (κ3) is 3.97. The number of amides is 1. The van der Waals surface area contributed by atoms with E-state index >= 15 is 0 Å². The second-order valence-electron chi connectivity index (χ2n) is 6.70. The fraction of sp³-hybridized carbons (Fsp3) is 0.250. The summed E-state index contributed by atoms with van der Waals surface area (Å²) in [5, 5.41) is 0.494. The quantitative estimate of drug-likeness (QED) is 0.675. The zero-order chi connectivity index (χ0) is 18.7. The van der Waals surface area contributed by atoms with Gasteiger partial charge in [0.25, 0.3) is 5.56 Å². The van der Waals surface area contributed by atoms with Crippen LogP contribution in [0.25, 0.3) is 10.9 Å². The van der Waals surface area contributed by atoms with Gasteiger partial charge in [-0.1, -0.05) is 42.0 Å². The first-order valence-corrected chi connectivity index (χ1v) is 8.57. The van der Waals surface area contributed by atoms with Gasteiger partial charge in [0.05, 0.1) is 18.0 Å². The predicted octanol–water partition coefficient (Wildman–Crippen LogP) is 0.405. The van der Waals surface area contributed by atoms with E-state index in [-0.39, 0.29) is 12.1 Å². The molecule has 134 valence electrons. The second kappa shape index (κ2) is 7.49. The fourth-order valence-corrected chi connectivity index (χ4v) is 3.05. The summed E-state index contributed by atoms with van der Waals surface area (Å²) < 4.78 is 1.39. The largest absolute Gasteiger partial charge is 0.368 e. The average Bonchev–Trinajstić information content (AvgIpc) is 2.60. The van der Waals surface area contributed by atoms with Gasteiger partial charge in [-0.3, -0.25) is 14.2 Å². The van der Waals surface area contributed by atoms with Gasteiger partial charge in [0.1, 0.15) is 19.6 Å². The highest BCUT2D eigenvalue weighted by Gasteiger charge is 2.16. The summed E-state index contributed by atoms with van der Waals surface area (Å²) in [6.07, 6.45) is 0. The fourth-order valence-electron chi connectivity index (χ4n) is 3.05. The molecule has 0 bridgehead atoms. The van der Waals surface area contributed by atoms with Crippen LogP contribution in [0.15, 0.2) is 53.3 Å². The van der Waals surface area contributed by atoms with E-state index in [0.717, 1.165) is 11.4 Å². The Morgan fingerprint density at radius 2 is 1.81 bits per heavy atom. The Morgan fingerprint density at radius 3 is 2.50 bits per heavy atom. The monoisotopic (exact) mass is 351 g/mol. The van der Waals surface area contributed by atoms with Crippen LogP contribution in [-0.2, 0) is 24.4 Å². The van der Waals surface area contributed by atoms with Gasteiger partial charge in [-0.05, 0) is 19.1 Å². The molecule has 0 fully saturated rings. The van der Waals surface area contributed by atoms with Crippen LogP contribution in [0.5, 0.6) is 0 Å². The van der Waals surface area contributed by atoms with E-state index in [0.29, 0.717) is 23.3 Å². The molecule has 0 spiro atoms. The van der Waals surface area contributed by atoms with Crippen molar-refractivity contribution in [1.82, 2.24) is 9.55 Å². The van der Waals surface area contributed by atoms with Gasteiger partial charge in [0.2, 0.25) is 5.91 Å². The lowest BCUT2D eigenvalue weighted by Gasteiger charge is -2.17. The van der Waals surface area contributed by atoms with Gasteiger partial charge >= 0.3 is 0 Å². The molecule has 2 aromatic carbocycles. The molecule has 3 aromatic rings. The lowest BCUT2D eigenvalue weighted by Crippen LogP contribution is -3.06. The van der Waals surface area contributed by atoms with Crippen molar-refractivity contribution in [2.24, 2.45) is 5.73 Å². The first kappa shape index (κ1) is 17.8. The first-order chi connectivity index (χ1) is 12.4. The highest BCUT2D eigenvalue weighted by atomic mass is 16.2. The number of carbonyl (C=O) groups is 1. The van der Waals surface area contributed by atoms with Gasteiger partial charge < -0.3 is 10.6 Å². The topological polar surface area (TPSA) is 82.4 Å². The number of aryl methyl sites for hydroxylation is 1. The van der Waals surface area contributed by atoms with Gasteiger partial charge in [-0.2, -0.15) is 0 Å². The third-order valence-electron chi connectivity index (χ3n) is 4.34.